The van der Waals surface area contributed by atoms with Gasteiger partial charge in [-0.3, -0.25) is 4.79 Å². The van der Waals surface area contributed by atoms with Crippen LogP contribution in [0.5, 0.6) is 0 Å². The Hall–Kier alpha value is -1.25. The number of carbonyl (C=O) groups is 3. The van der Waals surface area contributed by atoms with Crippen molar-refractivity contribution < 1.29 is 29.7 Å². The van der Waals surface area contributed by atoms with Crippen molar-refractivity contribution in [2.45, 2.75) is 6.04 Å². The molecule has 0 radical (unpaired) electrons. The van der Waals surface area contributed by atoms with E-state index in [9.17, 15) is 14.4 Å². The summed E-state index contributed by atoms with van der Waals surface area (Å²) in [5, 5.41) is 26.5. The predicted octanol–water partition coefficient (Wildman–Crippen LogP) is -0.278. The number of thiol groups is 1. The summed E-state index contributed by atoms with van der Waals surface area (Å²) in [6.45, 7) is 0. The SMILES string of the molecule is CN[C@@H](CS)C(=O)O.Cl.O=C(O)/C=C\C(=O)O. The lowest BCUT2D eigenvalue weighted by Crippen LogP contribution is -2.35. The molecule has 0 heterocycles. The van der Waals surface area contributed by atoms with Gasteiger partial charge in [0, 0.05) is 17.9 Å². The van der Waals surface area contributed by atoms with Crippen LogP contribution in [0.3, 0.4) is 0 Å². The van der Waals surface area contributed by atoms with Gasteiger partial charge < -0.3 is 20.6 Å². The van der Waals surface area contributed by atoms with Crippen molar-refractivity contribution in [3.8, 4) is 0 Å². The van der Waals surface area contributed by atoms with Gasteiger partial charge in [0.25, 0.3) is 0 Å². The maximum Gasteiger partial charge on any atom is 0.328 e. The first-order chi connectivity index (χ1) is 7.34. The van der Waals surface area contributed by atoms with Gasteiger partial charge in [0.15, 0.2) is 0 Å². The molecule has 0 saturated carbocycles. The zero-order chi connectivity index (χ0) is 13.1. The largest absolute Gasteiger partial charge is 0.480 e. The second-order valence-corrected chi connectivity index (χ2v) is 2.74. The van der Waals surface area contributed by atoms with Gasteiger partial charge in [-0.05, 0) is 7.05 Å². The van der Waals surface area contributed by atoms with Gasteiger partial charge in [0.1, 0.15) is 6.04 Å². The number of nitrogens with one attached hydrogen (secondary N) is 1. The van der Waals surface area contributed by atoms with Crippen LogP contribution >= 0.6 is 25.0 Å². The molecule has 0 aliphatic rings. The first-order valence-electron chi connectivity index (χ1n) is 4.00. The van der Waals surface area contributed by atoms with Crippen LogP contribution in [0.1, 0.15) is 0 Å². The number of halogens is 1. The van der Waals surface area contributed by atoms with E-state index >= 15 is 0 Å². The lowest BCUT2D eigenvalue weighted by atomic mass is 10.3. The molecule has 0 saturated heterocycles. The molecule has 0 unspecified atom stereocenters. The van der Waals surface area contributed by atoms with Crippen LogP contribution in [0, 0.1) is 0 Å². The third-order valence-corrected chi connectivity index (χ3v) is 1.56. The molecule has 100 valence electrons. The van der Waals surface area contributed by atoms with Crippen molar-refractivity contribution in [2.75, 3.05) is 12.8 Å². The maximum absolute atomic E-state index is 10.1. The topological polar surface area (TPSA) is 124 Å². The Morgan fingerprint density at radius 2 is 1.53 bits per heavy atom. The van der Waals surface area contributed by atoms with Gasteiger partial charge in [-0.2, -0.15) is 12.6 Å². The quantitative estimate of drug-likeness (QED) is 0.348. The van der Waals surface area contributed by atoms with E-state index in [1.807, 2.05) is 0 Å². The fourth-order valence-electron chi connectivity index (χ4n) is 0.435. The van der Waals surface area contributed by atoms with Gasteiger partial charge >= 0.3 is 17.9 Å². The van der Waals surface area contributed by atoms with Crippen LogP contribution in [-0.4, -0.2) is 52.1 Å². The molecule has 1 atom stereocenters. The summed E-state index contributed by atoms with van der Waals surface area (Å²) in [7, 11) is 1.59. The van der Waals surface area contributed by atoms with Crippen molar-refractivity contribution in [2.24, 2.45) is 0 Å². The summed E-state index contributed by atoms with van der Waals surface area (Å²) in [6, 6.07) is -0.515. The number of hydrogen-bond acceptors (Lipinski definition) is 5. The molecule has 0 fully saturated rings. The predicted molar refractivity (Wildman–Crippen MR) is 66.0 cm³/mol. The number of hydrogen-bond donors (Lipinski definition) is 5. The van der Waals surface area contributed by atoms with E-state index in [4.69, 9.17) is 15.3 Å². The first-order valence-corrected chi connectivity index (χ1v) is 4.63. The third-order valence-electron chi connectivity index (χ3n) is 1.20. The number of aliphatic carboxylic acids is 3. The molecule has 0 aliphatic heterocycles. The number of carboxylic acids is 3. The fourth-order valence-corrected chi connectivity index (χ4v) is 0.774. The molecular formula is C8H14ClNO6S. The summed E-state index contributed by atoms with van der Waals surface area (Å²) >= 11 is 3.79. The van der Waals surface area contributed by atoms with E-state index < -0.39 is 23.9 Å². The van der Waals surface area contributed by atoms with Crippen molar-refractivity contribution in [1.29, 1.82) is 0 Å². The Balaban J connectivity index is -0.000000218. The fraction of sp³-hybridized carbons (Fsp3) is 0.375. The van der Waals surface area contributed by atoms with E-state index in [1.165, 1.54) is 0 Å². The van der Waals surface area contributed by atoms with Crippen LogP contribution in [0.25, 0.3) is 0 Å². The van der Waals surface area contributed by atoms with Crippen LogP contribution in [0.15, 0.2) is 12.2 Å². The minimum Gasteiger partial charge on any atom is -0.480 e. The number of carboxylic acid groups (broad SMARTS) is 3. The molecule has 0 aromatic rings. The number of rotatable bonds is 5. The van der Waals surface area contributed by atoms with Gasteiger partial charge in [0.05, 0.1) is 0 Å². The Labute approximate surface area is 109 Å². The smallest absolute Gasteiger partial charge is 0.328 e. The maximum atomic E-state index is 10.1. The molecule has 17 heavy (non-hydrogen) atoms. The van der Waals surface area contributed by atoms with Gasteiger partial charge in [-0.15, -0.1) is 12.4 Å². The highest BCUT2D eigenvalue weighted by atomic mass is 35.5. The Morgan fingerprint density at radius 1 is 1.18 bits per heavy atom. The van der Waals surface area contributed by atoms with E-state index in [1.54, 1.807) is 7.05 Å². The molecule has 4 N–H and O–H groups in total. The molecule has 0 bridgehead atoms. The molecule has 0 rings (SSSR count). The summed E-state index contributed by atoms with van der Waals surface area (Å²) in [6.07, 6.45) is 1.12. The summed E-state index contributed by atoms with van der Waals surface area (Å²) in [5.41, 5.74) is 0. The van der Waals surface area contributed by atoms with E-state index in [2.05, 4.69) is 17.9 Å². The lowest BCUT2D eigenvalue weighted by Gasteiger charge is -2.04. The Bertz CT molecular complexity index is 263. The van der Waals surface area contributed by atoms with Crippen molar-refractivity contribution in [3.05, 3.63) is 12.2 Å². The van der Waals surface area contributed by atoms with E-state index in [0.717, 1.165) is 0 Å². The van der Waals surface area contributed by atoms with Crippen LogP contribution in [0.4, 0.5) is 0 Å². The molecule has 0 spiro atoms. The lowest BCUT2D eigenvalue weighted by molar-refractivity contribution is -0.138. The molecular weight excluding hydrogens is 274 g/mol. The summed E-state index contributed by atoms with van der Waals surface area (Å²) < 4.78 is 0. The molecule has 9 heteroatoms. The van der Waals surface area contributed by atoms with Crippen molar-refractivity contribution in [3.63, 3.8) is 0 Å². The third kappa shape index (κ3) is 17.4. The zero-order valence-electron chi connectivity index (χ0n) is 8.86. The highest BCUT2D eigenvalue weighted by molar-refractivity contribution is 7.80. The molecule has 0 aromatic heterocycles. The normalized spacial score (nSPS) is 10.7. The molecule has 0 amide bonds. The van der Waals surface area contributed by atoms with Crippen molar-refractivity contribution in [1.82, 2.24) is 5.32 Å². The molecule has 0 aromatic carbocycles. The second-order valence-electron chi connectivity index (χ2n) is 2.37. The highest BCUT2D eigenvalue weighted by Crippen LogP contribution is 1.84. The monoisotopic (exact) mass is 287 g/mol. The molecule has 7 nitrogen and oxygen atoms in total. The van der Waals surface area contributed by atoms with E-state index in [0.29, 0.717) is 17.9 Å². The molecule has 0 aliphatic carbocycles. The highest BCUT2D eigenvalue weighted by Gasteiger charge is 2.10. The number of likely N-dealkylation sites (N-methyl/N-ethyl adjacent to an activating group) is 1. The standard InChI is InChI=1S/C4H9NO2S.C4H4O4.ClH/c1-5-3(2-8)4(6)7;5-3(6)1-2-4(7)8;/h3,5,8H,2H2,1H3,(H,6,7);1-2H,(H,5,6)(H,7,8);1H/b;2-1-;/t3-;;/m0../s1. The van der Waals surface area contributed by atoms with Gasteiger partial charge in [-0.1, -0.05) is 0 Å². The summed E-state index contributed by atoms with van der Waals surface area (Å²) in [5.74, 6) is -3.05. The van der Waals surface area contributed by atoms with Crippen LogP contribution in [-0.2, 0) is 14.4 Å². The average molecular weight is 288 g/mol. The van der Waals surface area contributed by atoms with Crippen LogP contribution < -0.4 is 5.32 Å². The van der Waals surface area contributed by atoms with E-state index in [-0.39, 0.29) is 12.4 Å². The Morgan fingerprint density at radius 3 is 1.59 bits per heavy atom. The Kier molecular flexibility index (Phi) is 15.9. The van der Waals surface area contributed by atoms with Gasteiger partial charge in [0.2, 0.25) is 0 Å². The van der Waals surface area contributed by atoms with Gasteiger partial charge in [-0.25, -0.2) is 9.59 Å². The van der Waals surface area contributed by atoms with Crippen LogP contribution in [0.2, 0.25) is 0 Å². The average Bonchev–Trinajstić information content (AvgIpc) is 2.17. The second kappa shape index (κ2) is 12.8. The zero-order valence-corrected chi connectivity index (χ0v) is 10.6. The summed E-state index contributed by atoms with van der Waals surface area (Å²) in [4.78, 5) is 29.2. The minimum absolute atomic E-state index is 0. The van der Waals surface area contributed by atoms with Crippen molar-refractivity contribution >= 4 is 42.9 Å². The minimum atomic E-state index is -1.26. The first kappa shape index (κ1) is 21.1.